The number of benzene rings is 2. The number of carbonyl (C=O) groups excluding carboxylic acids is 1. The summed E-state index contributed by atoms with van der Waals surface area (Å²) in [4.78, 5) is 15.5. The first-order valence-corrected chi connectivity index (χ1v) is 9.49. The van der Waals surface area contributed by atoms with Crippen LogP contribution in [0.4, 0.5) is 0 Å². The maximum atomic E-state index is 13.3. The van der Waals surface area contributed by atoms with Crippen LogP contribution in [0.15, 0.2) is 42.5 Å². The molecule has 1 amide bonds. The van der Waals surface area contributed by atoms with Gasteiger partial charge in [-0.25, -0.2) is 0 Å². The van der Waals surface area contributed by atoms with Crippen molar-refractivity contribution >= 4 is 5.91 Å². The molecule has 2 aliphatic rings. The molecule has 1 fully saturated rings. The van der Waals surface area contributed by atoms with Crippen molar-refractivity contribution in [1.82, 2.24) is 4.90 Å². The zero-order chi connectivity index (χ0) is 17.4. The minimum Gasteiger partial charge on any atom is -0.344 e. The Labute approximate surface area is 150 Å². The third kappa shape index (κ3) is 2.87. The third-order valence-electron chi connectivity index (χ3n) is 5.89. The highest BCUT2D eigenvalue weighted by Crippen LogP contribution is 2.36. The van der Waals surface area contributed by atoms with Crippen LogP contribution in [0.1, 0.15) is 45.5 Å². The molecule has 4 rings (SSSR count). The highest BCUT2D eigenvalue weighted by Gasteiger charge is 2.45. The summed E-state index contributed by atoms with van der Waals surface area (Å²) in [5.41, 5.74) is 6.08. The van der Waals surface area contributed by atoms with Crippen molar-refractivity contribution in [2.75, 3.05) is 19.6 Å². The molecular weight excluding hydrogens is 308 g/mol. The minimum atomic E-state index is 0.239. The summed E-state index contributed by atoms with van der Waals surface area (Å²) < 4.78 is 0. The zero-order valence-corrected chi connectivity index (χ0v) is 15.2. The van der Waals surface area contributed by atoms with E-state index >= 15 is 0 Å². The first-order chi connectivity index (χ1) is 12.2. The number of nitrogens with two attached hydrogens (primary N) is 1. The molecule has 0 unspecified atom stereocenters. The Morgan fingerprint density at radius 1 is 1.12 bits per heavy atom. The van der Waals surface area contributed by atoms with Gasteiger partial charge in [-0.2, -0.15) is 0 Å². The van der Waals surface area contributed by atoms with Crippen molar-refractivity contribution in [3.63, 3.8) is 0 Å². The van der Waals surface area contributed by atoms with E-state index in [-0.39, 0.29) is 5.91 Å². The summed E-state index contributed by atoms with van der Waals surface area (Å²) in [6, 6.07) is 15.3. The number of fused-ring (bicyclic) bond motifs is 3. The number of rotatable bonds is 4. The van der Waals surface area contributed by atoms with E-state index in [0.717, 1.165) is 43.6 Å². The van der Waals surface area contributed by atoms with Crippen LogP contribution in [0.5, 0.6) is 0 Å². The molecule has 2 N–H and O–H groups in total. The normalized spacial score (nSPS) is 22.0. The number of quaternary nitrogens is 1. The van der Waals surface area contributed by atoms with Gasteiger partial charge in [0, 0.05) is 12.1 Å². The van der Waals surface area contributed by atoms with E-state index in [1.165, 1.54) is 16.7 Å². The van der Waals surface area contributed by atoms with Crippen molar-refractivity contribution in [2.45, 2.75) is 38.6 Å². The van der Waals surface area contributed by atoms with E-state index in [9.17, 15) is 4.79 Å². The van der Waals surface area contributed by atoms with E-state index in [1.54, 1.807) is 0 Å². The molecule has 0 spiro atoms. The lowest BCUT2D eigenvalue weighted by atomic mass is 9.81. The zero-order valence-electron chi connectivity index (χ0n) is 15.2. The molecule has 0 bridgehead atoms. The Balaban J connectivity index is 1.67. The summed E-state index contributed by atoms with van der Waals surface area (Å²) in [5.74, 6) is 0.719. The maximum Gasteiger partial charge on any atom is 0.254 e. The smallest absolute Gasteiger partial charge is 0.254 e. The van der Waals surface area contributed by atoms with E-state index in [1.807, 2.05) is 6.07 Å². The molecule has 3 heteroatoms. The van der Waals surface area contributed by atoms with Crippen molar-refractivity contribution in [3.05, 3.63) is 70.3 Å². The molecule has 0 aliphatic carbocycles. The van der Waals surface area contributed by atoms with Gasteiger partial charge in [0.25, 0.3) is 5.91 Å². The van der Waals surface area contributed by atoms with Crippen molar-refractivity contribution in [1.29, 1.82) is 0 Å². The molecule has 2 atom stereocenters. The second-order valence-electron chi connectivity index (χ2n) is 7.40. The molecule has 0 radical (unpaired) electrons. The summed E-state index contributed by atoms with van der Waals surface area (Å²) in [5, 5.41) is 2.38. The van der Waals surface area contributed by atoms with Gasteiger partial charge in [0.2, 0.25) is 0 Å². The molecule has 1 saturated heterocycles. The van der Waals surface area contributed by atoms with E-state index in [2.05, 4.69) is 60.5 Å². The monoisotopic (exact) mass is 335 g/mol. The second kappa shape index (κ2) is 6.64. The van der Waals surface area contributed by atoms with E-state index in [4.69, 9.17) is 0 Å². The Hall–Kier alpha value is -2.13. The van der Waals surface area contributed by atoms with E-state index < -0.39 is 0 Å². The number of carbonyl (C=O) groups is 1. The van der Waals surface area contributed by atoms with Crippen molar-refractivity contribution < 1.29 is 10.1 Å². The van der Waals surface area contributed by atoms with Gasteiger partial charge in [0.15, 0.2) is 0 Å². The molecule has 2 aromatic rings. The molecule has 130 valence electrons. The van der Waals surface area contributed by atoms with Crippen LogP contribution < -0.4 is 5.32 Å². The average Bonchev–Trinajstić information content (AvgIpc) is 3.11. The Morgan fingerprint density at radius 2 is 1.92 bits per heavy atom. The van der Waals surface area contributed by atoms with Crippen LogP contribution >= 0.6 is 0 Å². The first kappa shape index (κ1) is 16.3. The predicted octanol–water partition coefficient (Wildman–Crippen LogP) is 2.29. The molecule has 2 aliphatic heterocycles. The summed E-state index contributed by atoms with van der Waals surface area (Å²) in [6.45, 7) is 7.23. The summed E-state index contributed by atoms with van der Waals surface area (Å²) in [6.07, 6.45) is 1.96. The molecule has 2 heterocycles. The molecule has 0 saturated carbocycles. The summed E-state index contributed by atoms with van der Waals surface area (Å²) >= 11 is 0. The second-order valence-corrected chi connectivity index (χ2v) is 7.40. The topological polar surface area (TPSA) is 36.9 Å². The van der Waals surface area contributed by atoms with Crippen LogP contribution in [0.25, 0.3) is 0 Å². The minimum absolute atomic E-state index is 0.239. The first-order valence-electron chi connectivity index (χ1n) is 9.49. The molecule has 0 aromatic heterocycles. The third-order valence-corrected chi connectivity index (χ3v) is 5.89. The number of aryl methyl sites for hydroxylation is 2. The lowest BCUT2D eigenvalue weighted by Gasteiger charge is -2.37. The van der Waals surface area contributed by atoms with Gasteiger partial charge in [-0.15, -0.1) is 0 Å². The molecule has 2 aromatic carbocycles. The van der Waals surface area contributed by atoms with Gasteiger partial charge in [-0.05, 0) is 42.0 Å². The lowest BCUT2D eigenvalue weighted by Crippen LogP contribution is -2.82. The highest BCUT2D eigenvalue weighted by atomic mass is 16.2. The van der Waals surface area contributed by atoms with Gasteiger partial charge in [-0.1, -0.05) is 49.4 Å². The average molecular weight is 335 g/mol. The van der Waals surface area contributed by atoms with Crippen LogP contribution in [0.3, 0.4) is 0 Å². The van der Waals surface area contributed by atoms with Crippen molar-refractivity contribution in [2.24, 2.45) is 0 Å². The number of hydrogen-bond acceptors (Lipinski definition) is 1. The predicted molar refractivity (Wildman–Crippen MR) is 99.9 cm³/mol. The van der Waals surface area contributed by atoms with Crippen LogP contribution in [0.2, 0.25) is 0 Å². The maximum absolute atomic E-state index is 13.3. The fraction of sp³-hybridized carbons (Fsp3) is 0.409. The van der Waals surface area contributed by atoms with Gasteiger partial charge >= 0.3 is 0 Å². The summed E-state index contributed by atoms with van der Waals surface area (Å²) in [7, 11) is 0. The van der Waals surface area contributed by atoms with Gasteiger partial charge in [-0.3, -0.25) is 4.79 Å². The number of hydrogen-bond donors (Lipinski definition) is 1. The quantitative estimate of drug-likeness (QED) is 0.914. The molecular formula is C22H27N2O+. The van der Waals surface area contributed by atoms with Gasteiger partial charge < -0.3 is 10.2 Å². The lowest BCUT2D eigenvalue weighted by molar-refractivity contribution is -0.638. The number of nitrogens with zero attached hydrogens (tertiary/aromatic N) is 1. The van der Waals surface area contributed by atoms with Crippen LogP contribution in [0, 0.1) is 6.92 Å². The molecule has 25 heavy (non-hydrogen) atoms. The Kier molecular flexibility index (Phi) is 4.34. The van der Waals surface area contributed by atoms with Crippen LogP contribution in [-0.2, 0) is 12.8 Å². The van der Waals surface area contributed by atoms with Gasteiger partial charge in [0.1, 0.15) is 0 Å². The van der Waals surface area contributed by atoms with Crippen molar-refractivity contribution in [3.8, 4) is 0 Å². The standard InChI is InChI=1S/C22H26N2O/c1-3-16-11-15(2)21-18(12-16)19-13-23-14-20(19)24(22(21)25)10-9-17-7-5-4-6-8-17/h4-8,11-12,19-20,23H,3,9-10,13-14H2,1-2H3/p+1/t19-,20+/m1/s1. The highest BCUT2D eigenvalue weighted by molar-refractivity contribution is 5.99. The van der Waals surface area contributed by atoms with E-state index in [0.29, 0.717) is 12.0 Å². The number of amides is 1. The fourth-order valence-electron chi connectivity index (χ4n) is 4.58. The largest absolute Gasteiger partial charge is 0.344 e. The Bertz CT molecular complexity index is 784. The molecule has 3 nitrogen and oxygen atoms in total. The van der Waals surface area contributed by atoms with Gasteiger partial charge in [0.05, 0.1) is 25.0 Å². The fourth-order valence-corrected chi connectivity index (χ4v) is 4.58. The SMILES string of the molecule is CCc1cc(C)c2c(c1)[C@H]1C[NH2+]C[C@@H]1N(CCc1ccccc1)C2=O. The van der Waals surface area contributed by atoms with Crippen LogP contribution in [-0.4, -0.2) is 36.5 Å². The Morgan fingerprint density at radius 3 is 2.68 bits per heavy atom.